The van der Waals surface area contributed by atoms with E-state index in [1.807, 2.05) is 42.1 Å². The van der Waals surface area contributed by atoms with Crippen LogP contribution in [0.15, 0.2) is 48.9 Å². The number of aromatic nitrogens is 7. The molecule has 4 heterocycles. The molecule has 10 nitrogen and oxygen atoms in total. The van der Waals surface area contributed by atoms with Crippen LogP contribution in [0.25, 0.3) is 17.2 Å². The number of rotatable bonds is 6. The third kappa shape index (κ3) is 3.39. The molecule has 1 aliphatic carbocycles. The first-order chi connectivity index (χ1) is 16.1. The lowest BCUT2D eigenvalue weighted by Crippen LogP contribution is -2.24. The van der Waals surface area contributed by atoms with Gasteiger partial charge in [-0.15, -0.1) is 5.10 Å². The van der Waals surface area contributed by atoms with E-state index in [0.29, 0.717) is 35.4 Å². The van der Waals surface area contributed by atoms with Gasteiger partial charge >= 0.3 is 0 Å². The summed E-state index contributed by atoms with van der Waals surface area (Å²) in [6.45, 7) is 2.16. The summed E-state index contributed by atoms with van der Waals surface area (Å²) in [6.07, 6.45) is 6.27. The van der Waals surface area contributed by atoms with Gasteiger partial charge in [0.15, 0.2) is 0 Å². The van der Waals surface area contributed by atoms with E-state index in [4.69, 9.17) is 0 Å². The lowest BCUT2D eigenvalue weighted by Gasteiger charge is -2.16. The monoisotopic (exact) mass is 442 g/mol. The number of fused-ring (bicyclic) bond motifs is 1. The molecule has 0 spiro atoms. The minimum absolute atomic E-state index is 0.0950. The van der Waals surface area contributed by atoms with Crippen LogP contribution in [0, 0.1) is 0 Å². The zero-order chi connectivity index (χ0) is 22.5. The van der Waals surface area contributed by atoms with Crippen molar-refractivity contribution in [1.82, 2.24) is 34.7 Å². The van der Waals surface area contributed by atoms with E-state index in [9.17, 15) is 9.90 Å². The number of hydrogen-bond acceptors (Lipinski definition) is 7. The number of carbonyl (C=O) groups is 1. The van der Waals surface area contributed by atoms with E-state index in [1.54, 1.807) is 17.0 Å². The summed E-state index contributed by atoms with van der Waals surface area (Å²) in [5.41, 5.74) is 4.19. The smallest absolute Gasteiger partial charge is 0.260 e. The molecule has 2 aliphatic rings. The second-order valence-corrected chi connectivity index (χ2v) is 8.57. The standard InChI is InChI=1S/C23H22N8O2/c1-14(12-32)31-22(26-27-28-31)19-3-2-4-21(25-19)30-10-16-7-8-17(9-18(16)23(30)33)29-11-20(24-13-29)15-5-6-15/h2-4,7-9,11,13-15,32H,5-6,10,12H2,1H3/t14-/m1/s1. The maximum absolute atomic E-state index is 13.3. The SMILES string of the molecule is C[C@H](CO)n1nnnc1-c1cccc(N2Cc3ccc(-n4cnc(C5CC5)c4)cc3C2=O)n1. The van der Waals surface area contributed by atoms with Crippen molar-refractivity contribution < 1.29 is 9.90 Å². The highest BCUT2D eigenvalue weighted by molar-refractivity contribution is 6.09. The topological polar surface area (TPSA) is 115 Å². The molecule has 4 aromatic rings. The van der Waals surface area contributed by atoms with E-state index in [0.717, 1.165) is 16.9 Å². The van der Waals surface area contributed by atoms with Crippen molar-refractivity contribution >= 4 is 11.7 Å². The lowest BCUT2D eigenvalue weighted by molar-refractivity contribution is 0.0996. The molecule has 0 bridgehead atoms. The fourth-order valence-electron chi connectivity index (χ4n) is 4.14. The molecule has 1 saturated carbocycles. The molecule has 166 valence electrons. The molecular formula is C23H22N8O2. The van der Waals surface area contributed by atoms with E-state index in [2.05, 4.69) is 31.7 Å². The molecule has 1 fully saturated rings. The Bertz CT molecular complexity index is 1360. The Morgan fingerprint density at radius 2 is 2.09 bits per heavy atom. The molecule has 33 heavy (non-hydrogen) atoms. The van der Waals surface area contributed by atoms with Crippen molar-refractivity contribution in [1.29, 1.82) is 0 Å². The fraction of sp³-hybridized carbons (Fsp3) is 0.304. The van der Waals surface area contributed by atoms with Crippen molar-refractivity contribution in [3.05, 3.63) is 65.7 Å². The van der Waals surface area contributed by atoms with Crippen LogP contribution in [0.1, 0.15) is 53.3 Å². The van der Waals surface area contributed by atoms with Gasteiger partial charge in [0.25, 0.3) is 5.91 Å². The van der Waals surface area contributed by atoms with Gasteiger partial charge < -0.3 is 9.67 Å². The van der Waals surface area contributed by atoms with Gasteiger partial charge in [0.1, 0.15) is 11.5 Å². The number of pyridine rings is 1. The highest BCUT2D eigenvalue weighted by Gasteiger charge is 2.31. The molecule has 1 atom stereocenters. The number of tetrazole rings is 1. The van der Waals surface area contributed by atoms with Crippen molar-refractivity contribution in [2.24, 2.45) is 0 Å². The van der Waals surface area contributed by atoms with E-state index >= 15 is 0 Å². The minimum atomic E-state index is -0.292. The fourth-order valence-corrected chi connectivity index (χ4v) is 4.14. The van der Waals surface area contributed by atoms with Gasteiger partial charge in [-0.25, -0.2) is 14.6 Å². The highest BCUT2D eigenvalue weighted by atomic mass is 16.3. The molecule has 1 amide bonds. The van der Waals surface area contributed by atoms with Gasteiger partial charge in [0.2, 0.25) is 5.82 Å². The Morgan fingerprint density at radius 3 is 2.91 bits per heavy atom. The predicted octanol–water partition coefficient (Wildman–Crippen LogP) is 2.51. The Morgan fingerprint density at radius 1 is 1.21 bits per heavy atom. The Hall–Kier alpha value is -3.92. The zero-order valence-electron chi connectivity index (χ0n) is 18.0. The van der Waals surface area contributed by atoms with Gasteiger partial charge in [0, 0.05) is 23.4 Å². The highest BCUT2D eigenvalue weighted by Crippen LogP contribution is 2.39. The Kier molecular flexibility index (Phi) is 4.54. The van der Waals surface area contributed by atoms with Gasteiger partial charge in [0.05, 0.1) is 31.2 Å². The number of anilines is 1. The van der Waals surface area contributed by atoms with E-state index in [1.165, 1.54) is 17.5 Å². The zero-order valence-corrected chi connectivity index (χ0v) is 18.0. The van der Waals surface area contributed by atoms with Crippen LogP contribution in [0.5, 0.6) is 0 Å². The molecule has 1 N–H and O–H groups in total. The third-order valence-corrected chi connectivity index (χ3v) is 6.21. The number of nitrogens with zero attached hydrogens (tertiary/aromatic N) is 8. The molecule has 6 rings (SSSR count). The molecule has 1 aromatic carbocycles. The van der Waals surface area contributed by atoms with Crippen molar-refractivity contribution in [3.63, 3.8) is 0 Å². The first-order valence-corrected chi connectivity index (χ1v) is 11.0. The van der Waals surface area contributed by atoms with Gasteiger partial charge in [-0.1, -0.05) is 12.1 Å². The van der Waals surface area contributed by atoms with Gasteiger partial charge in [-0.3, -0.25) is 9.69 Å². The second kappa shape index (κ2) is 7.59. The van der Waals surface area contributed by atoms with Crippen LogP contribution in [-0.4, -0.2) is 52.4 Å². The molecular weight excluding hydrogens is 420 g/mol. The van der Waals surface area contributed by atoms with Crippen molar-refractivity contribution in [2.75, 3.05) is 11.5 Å². The molecule has 0 saturated heterocycles. The van der Waals surface area contributed by atoms with Crippen molar-refractivity contribution in [3.8, 4) is 17.2 Å². The number of imidazole rings is 1. The van der Waals surface area contributed by atoms with Crippen LogP contribution in [0.2, 0.25) is 0 Å². The second-order valence-electron chi connectivity index (χ2n) is 8.57. The molecule has 3 aromatic heterocycles. The summed E-state index contributed by atoms with van der Waals surface area (Å²) >= 11 is 0. The predicted molar refractivity (Wildman–Crippen MR) is 119 cm³/mol. The molecule has 0 unspecified atom stereocenters. The first kappa shape index (κ1) is 19.7. The Balaban J connectivity index is 1.30. The van der Waals surface area contributed by atoms with Gasteiger partial charge in [-0.05, 0) is 60.0 Å². The molecule has 1 aliphatic heterocycles. The number of benzene rings is 1. The molecule has 10 heteroatoms. The third-order valence-electron chi connectivity index (χ3n) is 6.21. The lowest BCUT2D eigenvalue weighted by atomic mass is 10.1. The number of aliphatic hydroxyl groups is 1. The van der Waals surface area contributed by atoms with Crippen molar-refractivity contribution in [2.45, 2.75) is 38.3 Å². The van der Waals surface area contributed by atoms with Crippen LogP contribution < -0.4 is 4.90 Å². The maximum atomic E-state index is 13.3. The average Bonchev–Trinajstić information content (AvgIpc) is 3.24. The van der Waals surface area contributed by atoms with E-state index < -0.39 is 0 Å². The number of aliphatic hydroxyl groups excluding tert-OH is 1. The largest absolute Gasteiger partial charge is 0.394 e. The number of carbonyl (C=O) groups excluding carboxylic acids is 1. The summed E-state index contributed by atoms with van der Waals surface area (Å²) in [5.74, 6) is 1.45. The average molecular weight is 442 g/mol. The summed E-state index contributed by atoms with van der Waals surface area (Å²) in [7, 11) is 0. The van der Waals surface area contributed by atoms with Gasteiger partial charge in [-0.2, -0.15) is 0 Å². The number of hydrogen-bond donors (Lipinski definition) is 1. The summed E-state index contributed by atoms with van der Waals surface area (Å²) in [4.78, 5) is 24.1. The first-order valence-electron chi connectivity index (χ1n) is 11.0. The van der Waals surface area contributed by atoms with E-state index in [-0.39, 0.29) is 18.6 Å². The van der Waals surface area contributed by atoms with Crippen LogP contribution in [0.3, 0.4) is 0 Å². The minimum Gasteiger partial charge on any atom is -0.394 e. The number of amides is 1. The van der Waals surface area contributed by atoms with Crippen LogP contribution in [-0.2, 0) is 6.54 Å². The summed E-state index contributed by atoms with van der Waals surface area (Å²) in [5, 5.41) is 21.2. The van der Waals surface area contributed by atoms with Crippen LogP contribution >= 0.6 is 0 Å². The summed E-state index contributed by atoms with van der Waals surface area (Å²) < 4.78 is 3.50. The normalized spacial score (nSPS) is 16.3. The Labute approximate surface area is 189 Å². The molecule has 0 radical (unpaired) electrons. The summed E-state index contributed by atoms with van der Waals surface area (Å²) in [6, 6.07) is 11.1. The quantitative estimate of drug-likeness (QED) is 0.488. The maximum Gasteiger partial charge on any atom is 0.260 e. The van der Waals surface area contributed by atoms with Crippen LogP contribution in [0.4, 0.5) is 5.82 Å².